The Hall–Kier alpha value is -0.770. The molecule has 21 heavy (non-hydrogen) atoms. The maximum atomic E-state index is 12.3. The second-order valence-electron chi connectivity index (χ2n) is 6.05. The Morgan fingerprint density at radius 2 is 2.19 bits per heavy atom. The van der Waals surface area contributed by atoms with Crippen LogP contribution in [0.25, 0.3) is 0 Å². The van der Waals surface area contributed by atoms with Gasteiger partial charge in [0.2, 0.25) is 5.91 Å². The number of benzene rings is 1. The van der Waals surface area contributed by atoms with Gasteiger partial charge in [-0.15, -0.1) is 0 Å². The molecule has 1 aromatic rings. The smallest absolute Gasteiger partial charge is 0.224 e. The molecule has 0 spiro atoms. The number of halogens is 2. The van der Waals surface area contributed by atoms with E-state index in [1.54, 1.807) is 6.07 Å². The van der Waals surface area contributed by atoms with Crippen LogP contribution in [-0.4, -0.2) is 23.2 Å². The van der Waals surface area contributed by atoms with Gasteiger partial charge in [-0.1, -0.05) is 48.7 Å². The first-order valence-electron chi connectivity index (χ1n) is 7.28. The molecular weight excluding hydrogens is 309 g/mol. The highest BCUT2D eigenvalue weighted by molar-refractivity contribution is 6.42. The van der Waals surface area contributed by atoms with Crippen LogP contribution in [0.2, 0.25) is 10.0 Å². The third-order valence-corrected chi connectivity index (χ3v) is 4.92. The van der Waals surface area contributed by atoms with Gasteiger partial charge in [0.05, 0.1) is 22.2 Å². The normalized spacial score (nSPS) is 23.5. The van der Waals surface area contributed by atoms with E-state index in [0.717, 1.165) is 24.8 Å². The first kappa shape index (κ1) is 16.6. The van der Waals surface area contributed by atoms with Crippen LogP contribution < -0.4 is 5.32 Å². The third-order valence-electron chi connectivity index (χ3n) is 4.08. The molecule has 116 valence electrons. The molecule has 0 bridgehead atoms. The average Bonchev–Trinajstić information content (AvgIpc) is 3.22. The lowest BCUT2D eigenvalue weighted by Gasteiger charge is -2.28. The number of aliphatic hydroxyl groups is 1. The molecule has 1 saturated carbocycles. The molecule has 1 aliphatic rings. The van der Waals surface area contributed by atoms with Crippen LogP contribution in [-0.2, 0) is 4.79 Å². The van der Waals surface area contributed by atoms with Crippen LogP contribution in [0, 0.1) is 5.92 Å². The van der Waals surface area contributed by atoms with Crippen molar-refractivity contribution in [3.05, 3.63) is 33.8 Å². The number of rotatable bonds is 6. The summed E-state index contributed by atoms with van der Waals surface area (Å²) in [6.07, 6.45) is 2.44. The topological polar surface area (TPSA) is 49.3 Å². The SMILES string of the molecule is CCC[C@](C)(CO)NC(=O)[C@@H]1C[C@H]1c1cccc(Cl)c1Cl. The van der Waals surface area contributed by atoms with Gasteiger partial charge in [0, 0.05) is 5.92 Å². The molecule has 1 aliphatic carbocycles. The molecular formula is C16H21Cl2NO2. The first-order valence-corrected chi connectivity index (χ1v) is 8.04. The van der Waals surface area contributed by atoms with Crippen LogP contribution in [0.5, 0.6) is 0 Å². The Morgan fingerprint density at radius 1 is 1.48 bits per heavy atom. The van der Waals surface area contributed by atoms with Crippen molar-refractivity contribution >= 4 is 29.1 Å². The Balaban J connectivity index is 2.03. The summed E-state index contributed by atoms with van der Waals surface area (Å²) in [5, 5.41) is 13.5. The van der Waals surface area contributed by atoms with Gasteiger partial charge < -0.3 is 10.4 Å². The Kier molecular flexibility index (Phi) is 5.18. The highest BCUT2D eigenvalue weighted by Crippen LogP contribution is 2.50. The van der Waals surface area contributed by atoms with E-state index in [4.69, 9.17) is 23.2 Å². The van der Waals surface area contributed by atoms with E-state index >= 15 is 0 Å². The molecule has 0 saturated heterocycles. The fraction of sp³-hybridized carbons (Fsp3) is 0.562. The van der Waals surface area contributed by atoms with Crippen molar-refractivity contribution < 1.29 is 9.90 Å². The molecule has 3 atom stereocenters. The molecule has 2 rings (SSSR count). The van der Waals surface area contributed by atoms with E-state index < -0.39 is 5.54 Å². The minimum absolute atomic E-state index is 0.0129. The van der Waals surface area contributed by atoms with E-state index in [-0.39, 0.29) is 24.3 Å². The number of carbonyl (C=O) groups excluding carboxylic acids is 1. The minimum Gasteiger partial charge on any atom is -0.394 e. The van der Waals surface area contributed by atoms with Crippen LogP contribution >= 0.6 is 23.2 Å². The van der Waals surface area contributed by atoms with Gasteiger partial charge in [0.15, 0.2) is 0 Å². The lowest BCUT2D eigenvalue weighted by atomic mass is 9.96. The molecule has 0 unspecified atom stereocenters. The molecule has 1 fully saturated rings. The molecule has 5 heteroatoms. The largest absolute Gasteiger partial charge is 0.394 e. The average molecular weight is 330 g/mol. The van der Waals surface area contributed by atoms with Crippen molar-refractivity contribution in [2.75, 3.05) is 6.61 Å². The third kappa shape index (κ3) is 3.71. The Labute approximate surface area is 135 Å². The number of nitrogens with one attached hydrogen (secondary N) is 1. The van der Waals surface area contributed by atoms with Crippen LogP contribution in [0.3, 0.4) is 0 Å². The van der Waals surface area contributed by atoms with Crippen LogP contribution in [0.15, 0.2) is 18.2 Å². The zero-order valence-electron chi connectivity index (χ0n) is 12.3. The summed E-state index contributed by atoms with van der Waals surface area (Å²) >= 11 is 12.2. The van der Waals surface area contributed by atoms with Gasteiger partial charge in [-0.3, -0.25) is 4.79 Å². The maximum Gasteiger partial charge on any atom is 0.224 e. The number of hydrogen-bond donors (Lipinski definition) is 2. The second kappa shape index (κ2) is 6.55. The van der Waals surface area contributed by atoms with E-state index in [2.05, 4.69) is 5.32 Å². The highest BCUT2D eigenvalue weighted by Gasteiger charge is 2.46. The summed E-state index contributed by atoms with van der Waals surface area (Å²) in [5.41, 5.74) is 0.391. The van der Waals surface area contributed by atoms with Gasteiger partial charge >= 0.3 is 0 Å². The second-order valence-corrected chi connectivity index (χ2v) is 6.83. The van der Waals surface area contributed by atoms with Crippen molar-refractivity contribution in [2.24, 2.45) is 5.92 Å². The number of amides is 1. The van der Waals surface area contributed by atoms with Crippen molar-refractivity contribution in [3.63, 3.8) is 0 Å². The van der Waals surface area contributed by atoms with E-state index in [1.165, 1.54) is 0 Å². The van der Waals surface area contributed by atoms with Crippen LogP contribution in [0.4, 0.5) is 0 Å². The summed E-state index contributed by atoms with van der Waals surface area (Å²) in [6, 6.07) is 5.52. The van der Waals surface area contributed by atoms with Gasteiger partial charge in [-0.05, 0) is 37.3 Å². The Bertz CT molecular complexity index is 535. The molecule has 3 nitrogen and oxygen atoms in total. The molecule has 2 N–H and O–H groups in total. The molecule has 0 heterocycles. The Morgan fingerprint density at radius 3 is 2.81 bits per heavy atom. The predicted molar refractivity (Wildman–Crippen MR) is 85.9 cm³/mol. The highest BCUT2D eigenvalue weighted by atomic mass is 35.5. The molecule has 0 aromatic heterocycles. The minimum atomic E-state index is -0.545. The quantitative estimate of drug-likeness (QED) is 0.834. The number of carbonyl (C=O) groups is 1. The number of aliphatic hydroxyl groups excluding tert-OH is 1. The standard InChI is InChI=1S/C16H21Cl2NO2/c1-3-7-16(2,9-20)19-15(21)12-8-11(12)10-5-4-6-13(17)14(10)18/h4-6,11-12,20H,3,7-9H2,1-2H3,(H,19,21)/t11-,12+,16+/m0/s1. The van der Waals surface area contributed by atoms with Crippen molar-refractivity contribution in [2.45, 2.75) is 44.6 Å². The van der Waals surface area contributed by atoms with E-state index in [0.29, 0.717) is 10.0 Å². The fourth-order valence-corrected chi connectivity index (χ4v) is 3.21. The summed E-state index contributed by atoms with van der Waals surface area (Å²) in [6.45, 7) is 3.85. The van der Waals surface area contributed by atoms with Crippen LogP contribution in [0.1, 0.15) is 44.6 Å². The lowest BCUT2D eigenvalue weighted by molar-refractivity contribution is -0.124. The number of hydrogen-bond acceptors (Lipinski definition) is 2. The van der Waals surface area contributed by atoms with E-state index in [1.807, 2.05) is 26.0 Å². The van der Waals surface area contributed by atoms with Gasteiger partial charge in [-0.2, -0.15) is 0 Å². The van der Waals surface area contributed by atoms with Crippen molar-refractivity contribution in [1.82, 2.24) is 5.32 Å². The van der Waals surface area contributed by atoms with Gasteiger partial charge in [0.25, 0.3) is 0 Å². The lowest BCUT2D eigenvalue weighted by Crippen LogP contribution is -2.49. The van der Waals surface area contributed by atoms with Crippen molar-refractivity contribution in [3.8, 4) is 0 Å². The fourth-order valence-electron chi connectivity index (χ4n) is 2.76. The molecule has 0 aliphatic heterocycles. The summed E-state index contributed by atoms with van der Waals surface area (Å²) in [5.74, 6) is 0.0329. The maximum absolute atomic E-state index is 12.3. The summed E-state index contributed by atoms with van der Waals surface area (Å²) in [4.78, 5) is 12.3. The summed E-state index contributed by atoms with van der Waals surface area (Å²) < 4.78 is 0. The van der Waals surface area contributed by atoms with Gasteiger partial charge in [0.1, 0.15) is 0 Å². The zero-order chi connectivity index (χ0) is 15.6. The first-order chi connectivity index (χ1) is 9.91. The molecule has 0 radical (unpaired) electrons. The summed E-state index contributed by atoms with van der Waals surface area (Å²) in [7, 11) is 0. The van der Waals surface area contributed by atoms with E-state index in [9.17, 15) is 9.90 Å². The molecule has 1 aromatic carbocycles. The van der Waals surface area contributed by atoms with Gasteiger partial charge in [-0.25, -0.2) is 0 Å². The predicted octanol–water partition coefficient (Wildman–Crippen LogP) is 3.76. The molecule has 1 amide bonds. The van der Waals surface area contributed by atoms with Crippen molar-refractivity contribution in [1.29, 1.82) is 0 Å². The zero-order valence-corrected chi connectivity index (χ0v) is 13.8. The monoisotopic (exact) mass is 329 g/mol.